The maximum absolute atomic E-state index is 13.1. The van der Waals surface area contributed by atoms with Gasteiger partial charge in [-0.05, 0) is 90.6 Å². The minimum atomic E-state index is -0.896. The van der Waals surface area contributed by atoms with Gasteiger partial charge in [-0.1, -0.05) is 55.8 Å². The molecule has 1 N–H and O–H groups in total. The van der Waals surface area contributed by atoms with Gasteiger partial charge in [0.2, 0.25) is 5.89 Å². The number of nitrogens with one attached hydrogen (secondary N) is 1. The number of fused-ring (bicyclic) bond motifs is 1. The lowest BCUT2D eigenvalue weighted by atomic mass is 9.95. The van der Waals surface area contributed by atoms with Crippen LogP contribution < -0.4 is 5.32 Å². The Morgan fingerprint density at radius 3 is 2.57 bits per heavy atom. The number of carbonyl (C=O) groups excluding carboxylic acids is 2. The van der Waals surface area contributed by atoms with Crippen molar-refractivity contribution in [3.05, 3.63) is 112 Å². The third-order valence-electron chi connectivity index (χ3n) is 8.26. The van der Waals surface area contributed by atoms with Crippen LogP contribution in [0.4, 0.5) is 4.79 Å². The number of rotatable bonds is 8. The van der Waals surface area contributed by atoms with E-state index in [2.05, 4.69) is 16.4 Å². The third kappa shape index (κ3) is 6.19. The van der Waals surface area contributed by atoms with Crippen LogP contribution in [-0.2, 0) is 11.3 Å². The molecular formula is C37H33ClN4O4. The number of cyclic esters (lactones) is 1. The molecule has 1 aliphatic rings. The van der Waals surface area contributed by atoms with E-state index in [0.717, 1.165) is 27.8 Å². The van der Waals surface area contributed by atoms with Crippen molar-refractivity contribution in [1.29, 1.82) is 5.26 Å². The molecule has 1 aromatic heterocycles. The van der Waals surface area contributed by atoms with Crippen LogP contribution in [0.15, 0.2) is 83.3 Å². The molecule has 4 aromatic carbocycles. The highest BCUT2D eigenvalue weighted by atomic mass is 35.5. The molecule has 1 unspecified atom stereocenters. The molecule has 1 saturated heterocycles. The molecule has 0 saturated carbocycles. The van der Waals surface area contributed by atoms with Crippen LogP contribution in [0.1, 0.15) is 59.3 Å². The lowest BCUT2D eigenvalue weighted by molar-refractivity contribution is 0.0651. The molecule has 1 aliphatic heterocycles. The highest BCUT2D eigenvalue weighted by Crippen LogP contribution is 2.33. The maximum Gasteiger partial charge on any atom is 0.410 e. The van der Waals surface area contributed by atoms with E-state index in [9.17, 15) is 14.9 Å². The number of nitriles is 1. The van der Waals surface area contributed by atoms with Gasteiger partial charge >= 0.3 is 6.09 Å². The Bertz CT molecular complexity index is 2010. The van der Waals surface area contributed by atoms with E-state index in [1.54, 1.807) is 35.2 Å². The average molecular weight is 633 g/mol. The molecule has 232 valence electrons. The van der Waals surface area contributed by atoms with Crippen molar-refractivity contribution < 1.29 is 18.7 Å². The summed E-state index contributed by atoms with van der Waals surface area (Å²) in [6.07, 6.45) is -0.426. The zero-order chi connectivity index (χ0) is 32.6. The number of benzene rings is 4. The first kappa shape index (κ1) is 30.9. The molecule has 1 fully saturated rings. The number of oxazole rings is 1. The van der Waals surface area contributed by atoms with Crippen molar-refractivity contribution in [2.24, 2.45) is 0 Å². The van der Waals surface area contributed by atoms with Crippen molar-refractivity contribution in [1.82, 2.24) is 15.2 Å². The first-order valence-electron chi connectivity index (χ1n) is 15.1. The lowest BCUT2D eigenvalue weighted by Crippen LogP contribution is -2.43. The average Bonchev–Trinajstić information content (AvgIpc) is 3.59. The Morgan fingerprint density at radius 1 is 1.09 bits per heavy atom. The zero-order valence-electron chi connectivity index (χ0n) is 26.1. The molecule has 6 rings (SSSR count). The van der Waals surface area contributed by atoms with Crippen LogP contribution in [0, 0.1) is 18.3 Å². The van der Waals surface area contributed by atoms with Gasteiger partial charge in [0.25, 0.3) is 5.91 Å². The van der Waals surface area contributed by atoms with Crippen LogP contribution in [0.3, 0.4) is 0 Å². The quantitative estimate of drug-likeness (QED) is 0.184. The van der Waals surface area contributed by atoms with Crippen molar-refractivity contribution >= 4 is 34.7 Å². The summed E-state index contributed by atoms with van der Waals surface area (Å²) in [6.45, 7) is 8.76. The SMILES string of the molecule is Cc1cc(Cl)ccc1-c1ccccc1CN1CC(C)(CNC(=O)c2ccc(-c3nc4cc(C#N)cc(C(C)C)c4o3)cc2)OC1=O. The fourth-order valence-corrected chi connectivity index (χ4v) is 6.08. The second kappa shape index (κ2) is 12.3. The topological polar surface area (TPSA) is 108 Å². The highest BCUT2D eigenvalue weighted by molar-refractivity contribution is 6.30. The largest absolute Gasteiger partial charge is 0.439 e. The Balaban J connectivity index is 1.11. The molecule has 1 atom stereocenters. The lowest BCUT2D eigenvalue weighted by Gasteiger charge is -2.22. The number of aromatic nitrogens is 1. The van der Waals surface area contributed by atoms with Gasteiger partial charge < -0.3 is 14.5 Å². The van der Waals surface area contributed by atoms with Gasteiger partial charge in [0.1, 0.15) is 11.1 Å². The first-order chi connectivity index (χ1) is 22.0. The Morgan fingerprint density at radius 2 is 1.85 bits per heavy atom. The fraction of sp³-hybridized carbons (Fsp3) is 0.243. The van der Waals surface area contributed by atoms with Crippen molar-refractivity contribution in [3.63, 3.8) is 0 Å². The minimum absolute atomic E-state index is 0.151. The Hall–Kier alpha value is -5.13. The summed E-state index contributed by atoms with van der Waals surface area (Å²) in [5.74, 6) is 0.284. The second-order valence-electron chi connectivity index (χ2n) is 12.2. The number of hydrogen-bond donors (Lipinski definition) is 1. The minimum Gasteiger partial charge on any atom is -0.439 e. The van der Waals surface area contributed by atoms with E-state index in [4.69, 9.17) is 20.8 Å². The Labute approximate surface area is 272 Å². The molecule has 9 heteroatoms. The van der Waals surface area contributed by atoms with Crippen LogP contribution in [0.25, 0.3) is 33.7 Å². The summed E-state index contributed by atoms with van der Waals surface area (Å²) in [4.78, 5) is 32.3. The fourth-order valence-electron chi connectivity index (χ4n) is 5.85. The molecule has 0 radical (unpaired) electrons. The number of nitrogens with zero attached hydrogens (tertiary/aromatic N) is 3. The van der Waals surface area contributed by atoms with Crippen LogP contribution in [0.5, 0.6) is 0 Å². The summed E-state index contributed by atoms with van der Waals surface area (Å²) >= 11 is 6.18. The van der Waals surface area contributed by atoms with Crippen molar-refractivity contribution in [3.8, 4) is 28.7 Å². The molecule has 46 heavy (non-hydrogen) atoms. The van der Waals surface area contributed by atoms with Crippen molar-refractivity contribution in [2.75, 3.05) is 13.1 Å². The maximum atomic E-state index is 13.1. The monoisotopic (exact) mass is 632 g/mol. The number of carbonyl (C=O) groups is 2. The molecule has 0 bridgehead atoms. The summed E-state index contributed by atoms with van der Waals surface area (Å²) in [7, 11) is 0. The van der Waals surface area contributed by atoms with E-state index in [1.165, 1.54) is 0 Å². The Kier molecular flexibility index (Phi) is 8.28. The molecule has 0 spiro atoms. The number of hydrogen-bond acceptors (Lipinski definition) is 6. The summed E-state index contributed by atoms with van der Waals surface area (Å²) in [5, 5.41) is 13.0. The van der Waals surface area contributed by atoms with Crippen LogP contribution in [0.2, 0.25) is 5.02 Å². The van der Waals surface area contributed by atoms with Gasteiger partial charge in [-0.15, -0.1) is 0 Å². The van der Waals surface area contributed by atoms with Gasteiger partial charge in [-0.3, -0.25) is 9.69 Å². The third-order valence-corrected chi connectivity index (χ3v) is 8.50. The molecular weight excluding hydrogens is 600 g/mol. The number of aryl methyl sites for hydroxylation is 1. The van der Waals surface area contributed by atoms with Gasteiger partial charge in [-0.25, -0.2) is 9.78 Å². The normalized spacial score (nSPS) is 16.1. The van der Waals surface area contributed by atoms with E-state index in [-0.39, 0.29) is 18.4 Å². The summed E-state index contributed by atoms with van der Waals surface area (Å²) in [6, 6.07) is 26.4. The van der Waals surface area contributed by atoms with E-state index < -0.39 is 11.7 Å². The predicted molar refractivity (Wildman–Crippen MR) is 178 cm³/mol. The molecule has 5 aromatic rings. The highest BCUT2D eigenvalue weighted by Gasteiger charge is 2.41. The number of halogens is 1. The first-order valence-corrected chi connectivity index (χ1v) is 15.5. The van der Waals surface area contributed by atoms with Crippen molar-refractivity contribution in [2.45, 2.75) is 45.8 Å². The van der Waals surface area contributed by atoms with E-state index in [0.29, 0.717) is 51.8 Å². The van der Waals surface area contributed by atoms with Crippen LogP contribution in [-0.4, -0.2) is 40.6 Å². The van der Waals surface area contributed by atoms with Gasteiger partial charge in [0, 0.05) is 28.3 Å². The van der Waals surface area contributed by atoms with E-state index >= 15 is 0 Å². The molecule has 2 heterocycles. The van der Waals surface area contributed by atoms with Gasteiger partial charge in [0.15, 0.2) is 5.58 Å². The standard InChI is InChI=1S/C37H33ClN4O4/c1-22(2)31-16-24(18-39)17-32-33(31)45-35(41-32)26-11-9-25(10-12-26)34(43)40-20-37(4)21-42(36(44)46-37)19-27-7-5-6-8-30(27)29-14-13-28(38)15-23(29)3/h5-17,22H,19-21H2,1-4H3,(H,40,43). The summed E-state index contributed by atoms with van der Waals surface area (Å²) < 4.78 is 11.9. The van der Waals surface area contributed by atoms with E-state index in [1.807, 2.05) is 76.2 Å². The number of amides is 2. The number of ether oxygens (including phenoxy) is 1. The smallest absolute Gasteiger partial charge is 0.410 e. The van der Waals surface area contributed by atoms with Gasteiger partial charge in [0.05, 0.1) is 24.7 Å². The molecule has 2 amide bonds. The van der Waals surface area contributed by atoms with Gasteiger partial charge in [-0.2, -0.15) is 5.26 Å². The van der Waals surface area contributed by atoms with Crippen LogP contribution >= 0.6 is 11.6 Å². The predicted octanol–water partition coefficient (Wildman–Crippen LogP) is 8.26. The zero-order valence-corrected chi connectivity index (χ0v) is 26.8. The molecule has 0 aliphatic carbocycles. The second-order valence-corrected chi connectivity index (χ2v) is 12.7. The molecule has 8 nitrogen and oxygen atoms in total. The summed E-state index contributed by atoms with van der Waals surface area (Å²) in [5.41, 5.74) is 7.11.